The fourth-order valence-electron chi connectivity index (χ4n) is 8.88. The van der Waals surface area contributed by atoms with Crippen molar-refractivity contribution in [1.82, 2.24) is 0 Å². The van der Waals surface area contributed by atoms with Crippen LogP contribution in [0.3, 0.4) is 0 Å². The van der Waals surface area contributed by atoms with E-state index in [2.05, 4.69) is 161 Å². The van der Waals surface area contributed by atoms with Crippen molar-refractivity contribution in [3.63, 3.8) is 0 Å². The Hall–Kier alpha value is -5.14. The molecule has 0 heterocycles. The van der Waals surface area contributed by atoms with Gasteiger partial charge in [0.25, 0.3) is 0 Å². The first-order chi connectivity index (χ1) is 31.8. The second-order valence-corrected chi connectivity index (χ2v) is 35.2. The van der Waals surface area contributed by atoms with Gasteiger partial charge in [0, 0.05) is 0 Å². The Morgan fingerprint density at radius 3 is 1.06 bits per heavy atom. The van der Waals surface area contributed by atoms with Crippen molar-refractivity contribution in [1.29, 1.82) is 0 Å². The summed E-state index contributed by atoms with van der Waals surface area (Å²) in [6, 6.07) is 62.6. The maximum atomic E-state index is 8.45. The summed E-state index contributed by atoms with van der Waals surface area (Å²) < 4.78 is 39.6. The van der Waals surface area contributed by atoms with E-state index in [1.165, 1.54) is 6.42 Å². The molecule has 1 aliphatic rings. The Morgan fingerprint density at radius 1 is 0.369 bits per heavy atom. The minimum Gasteiger partial charge on any atom is -0.424 e. The fraction of sp³-hybridized carbons (Fsp3) is 0.111. The summed E-state index contributed by atoms with van der Waals surface area (Å²) >= 11 is 0. The van der Waals surface area contributed by atoms with Crippen molar-refractivity contribution in [2.45, 2.75) is 37.6 Å². The van der Waals surface area contributed by atoms with Gasteiger partial charge in [0.1, 0.15) is 0 Å². The lowest BCUT2D eigenvalue weighted by molar-refractivity contribution is 0.307. The van der Waals surface area contributed by atoms with Crippen molar-refractivity contribution >= 4 is 82.7 Å². The molecular formula is C54H60O5Si6. The van der Waals surface area contributed by atoms with Gasteiger partial charge in [-0.1, -0.05) is 225 Å². The molecule has 0 aromatic heterocycles. The highest BCUT2D eigenvalue weighted by Gasteiger charge is 2.60. The predicted molar refractivity (Wildman–Crippen MR) is 286 cm³/mol. The Morgan fingerprint density at radius 2 is 0.708 bits per heavy atom. The van der Waals surface area contributed by atoms with Crippen molar-refractivity contribution in [3.8, 4) is 0 Å². The number of hydrogen-bond acceptors (Lipinski definition) is 5. The zero-order valence-electron chi connectivity index (χ0n) is 37.3. The molecule has 65 heavy (non-hydrogen) atoms. The third-order valence-electron chi connectivity index (χ3n) is 12.4. The van der Waals surface area contributed by atoms with Gasteiger partial charge in [0.05, 0.1) is 0 Å². The highest BCUT2D eigenvalue weighted by Crippen LogP contribution is 2.41. The first-order valence-electron chi connectivity index (χ1n) is 22.4. The van der Waals surface area contributed by atoms with Gasteiger partial charge in [-0.3, -0.25) is 0 Å². The number of hydrogen-bond donors (Lipinski definition) is 0. The van der Waals surface area contributed by atoms with Crippen molar-refractivity contribution in [3.05, 3.63) is 256 Å². The normalized spacial score (nSPS) is 14.0. The van der Waals surface area contributed by atoms with E-state index in [0.29, 0.717) is 5.54 Å². The summed E-state index contributed by atoms with van der Waals surface area (Å²) in [5, 5.41) is 5.88. The predicted octanol–water partition coefficient (Wildman–Crippen LogP) is 8.64. The lowest BCUT2D eigenvalue weighted by Crippen LogP contribution is -2.79. The molecule has 11 heteroatoms. The monoisotopic (exact) mass is 956 g/mol. The zero-order valence-corrected chi connectivity index (χ0v) is 43.4. The molecule has 330 valence electrons. The van der Waals surface area contributed by atoms with E-state index in [1.54, 1.807) is 22.8 Å². The van der Waals surface area contributed by atoms with Crippen LogP contribution in [0.5, 0.6) is 0 Å². The Labute approximate surface area is 394 Å². The molecule has 1 aliphatic carbocycles. The van der Waals surface area contributed by atoms with Gasteiger partial charge in [0.2, 0.25) is 17.4 Å². The van der Waals surface area contributed by atoms with Crippen LogP contribution in [-0.2, 0) is 20.6 Å². The third kappa shape index (κ3) is 10.3. The van der Waals surface area contributed by atoms with Gasteiger partial charge >= 0.3 is 34.2 Å². The molecule has 0 aliphatic heterocycles. The maximum absolute atomic E-state index is 8.45. The van der Waals surface area contributed by atoms with E-state index in [9.17, 15) is 0 Å². The molecular weight excluding hydrogens is 897 g/mol. The molecule has 6 aromatic rings. The van der Waals surface area contributed by atoms with Gasteiger partial charge in [-0.2, -0.15) is 0 Å². The molecule has 0 saturated heterocycles. The molecule has 6 aromatic carbocycles. The van der Waals surface area contributed by atoms with Crippen LogP contribution in [0.25, 0.3) is 0 Å². The van der Waals surface area contributed by atoms with Gasteiger partial charge in [-0.25, -0.2) is 0 Å². The molecule has 0 radical (unpaired) electrons. The van der Waals surface area contributed by atoms with Gasteiger partial charge < -0.3 is 20.6 Å². The molecule has 1 saturated carbocycles. The van der Waals surface area contributed by atoms with Crippen LogP contribution in [0.15, 0.2) is 256 Å². The Kier molecular flexibility index (Phi) is 16.1. The van der Waals surface area contributed by atoms with E-state index in [0.717, 1.165) is 56.8 Å². The Balaban J connectivity index is 1.50. The maximum Gasteiger partial charge on any atom is 0.390 e. The van der Waals surface area contributed by atoms with Crippen LogP contribution in [0.1, 0.15) is 32.1 Å². The first kappa shape index (κ1) is 47.8. The minimum atomic E-state index is -4.11. The number of benzene rings is 6. The van der Waals surface area contributed by atoms with E-state index >= 15 is 0 Å². The van der Waals surface area contributed by atoms with Crippen LogP contribution in [0, 0.1) is 0 Å². The zero-order chi connectivity index (χ0) is 45.6. The van der Waals surface area contributed by atoms with Crippen LogP contribution in [-0.4, -0.2) is 51.6 Å². The van der Waals surface area contributed by atoms with E-state index in [-0.39, 0.29) is 0 Å². The van der Waals surface area contributed by atoms with Gasteiger partial charge in [0.15, 0.2) is 0 Å². The average molecular weight is 958 g/mol. The van der Waals surface area contributed by atoms with Crippen LogP contribution in [0.2, 0.25) is 5.54 Å². The number of rotatable bonds is 23. The van der Waals surface area contributed by atoms with Crippen molar-refractivity contribution in [2.24, 2.45) is 0 Å². The topological polar surface area (TPSA) is 46.2 Å². The van der Waals surface area contributed by atoms with Gasteiger partial charge in [-0.05, 0) is 59.5 Å². The van der Waals surface area contributed by atoms with E-state index in [4.69, 9.17) is 20.6 Å². The summed E-state index contributed by atoms with van der Waals surface area (Å²) in [6.45, 7) is 26.4. The van der Waals surface area contributed by atoms with Crippen molar-refractivity contribution < 1.29 is 20.6 Å². The summed E-state index contributed by atoms with van der Waals surface area (Å²) in [5.74, 6) is 0. The average Bonchev–Trinajstić information content (AvgIpc) is 3.40. The summed E-state index contributed by atoms with van der Waals surface area (Å²) in [5.41, 5.74) is 11.5. The summed E-state index contributed by atoms with van der Waals surface area (Å²) in [4.78, 5) is 0. The van der Waals surface area contributed by atoms with E-state index < -0.39 is 51.6 Å². The lowest BCUT2D eigenvalue weighted by Gasteiger charge is -2.47. The standard InChI is InChI=1S/C54H60O5Si6/c1-7-61(8-2,50-38-24-15-25-39-50)56-62(9-3,10-4)57-63(11-5,12-6)58-65(53-44-30-18-31-45-53,54-46-32-19-33-47-54)59-64(51-40-26-16-27-41-51,52-42-28-17-29-43-52)55-60(48-34-20-13-21-35-48)49-36-22-14-23-37-49/h7-14,16-23,26-37,40-47,50,60H,1-6,15,24-25,38-39H2. The lowest BCUT2D eigenvalue weighted by atomic mass is 10.0. The first-order valence-corrected chi connectivity index (χ1v) is 33.7. The van der Waals surface area contributed by atoms with Crippen molar-refractivity contribution in [2.75, 3.05) is 0 Å². The molecule has 0 N–H and O–H groups in total. The minimum absolute atomic E-state index is 0.295. The SMILES string of the molecule is C=C[Si](C=C)(O[Si](C=C)(C=C)O[Si](C=C)(C=C)C1CCCCC1)O[Si](O[Si](O[SiH](c1ccccc1)c1ccccc1)(c1ccccc1)c1ccccc1)(c1ccccc1)c1ccccc1. The van der Waals surface area contributed by atoms with Crippen LogP contribution in [0.4, 0.5) is 0 Å². The quantitative estimate of drug-likeness (QED) is 0.0603. The molecule has 0 amide bonds. The van der Waals surface area contributed by atoms with Gasteiger partial charge in [-0.15, -0.1) is 39.5 Å². The second kappa shape index (κ2) is 21.9. The molecule has 1 fully saturated rings. The van der Waals surface area contributed by atoms with E-state index in [1.807, 2.05) is 72.1 Å². The highest BCUT2D eigenvalue weighted by molar-refractivity contribution is 7.10. The van der Waals surface area contributed by atoms with Crippen LogP contribution >= 0.6 is 0 Å². The smallest absolute Gasteiger partial charge is 0.390 e. The van der Waals surface area contributed by atoms with Crippen LogP contribution < -0.4 is 31.1 Å². The summed E-state index contributed by atoms with van der Waals surface area (Å²) in [7, 11) is -20.9. The molecule has 7 rings (SSSR count). The molecule has 0 bridgehead atoms. The molecule has 0 unspecified atom stereocenters. The summed E-state index contributed by atoms with van der Waals surface area (Å²) in [6.07, 6.45) is 5.56. The second-order valence-electron chi connectivity index (χ2n) is 16.3. The largest absolute Gasteiger partial charge is 0.424 e. The fourth-order valence-corrected chi connectivity index (χ4v) is 36.3. The Bertz CT molecular complexity index is 2350. The molecule has 0 spiro atoms. The highest BCUT2D eigenvalue weighted by atomic mass is 28.5. The molecule has 5 nitrogen and oxygen atoms in total. The molecule has 0 atom stereocenters. The third-order valence-corrected chi connectivity index (χ3v) is 36.4.